The van der Waals surface area contributed by atoms with Gasteiger partial charge in [-0.25, -0.2) is 0 Å². The van der Waals surface area contributed by atoms with Gasteiger partial charge in [-0.2, -0.15) is 5.26 Å². The molecule has 0 amide bonds. The highest BCUT2D eigenvalue weighted by Gasteiger charge is 1.99. The Bertz CT molecular complexity index is 600. The molecule has 0 radical (unpaired) electrons. The van der Waals surface area contributed by atoms with E-state index in [4.69, 9.17) is 5.26 Å². The van der Waals surface area contributed by atoms with E-state index in [1.807, 2.05) is 18.2 Å². The summed E-state index contributed by atoms with van der Waals surface area (Å²) in [6.45, 7) is 2.81. The average molecular weight is 301 g/mol. The zero-order valence-electron chi connectivity index (χ0n) is 10.1. The standard InChI is InChI=1S/C15H13BrN2/c1-11-5-6-13(8-15(11)16)10-18-14-4-2-3-12(7-14)9-17/h2-8,18H,10H2,1H3. The van der Waals surface area contributed by atoms with Gasteiger partial charge in [0.2, 0.25) is 0 Å². The molecule has 2 nitrogen and oxygen atoms in total. The highest BCUT2D eigenvalue weighted by Crippen LogP contribution is 2.18. The molecule has 0 atom stereocenters. The molecular weight excluding hydrogens is 288 g/mol. The number of nitriles is 1. The van der Waals surface area contributed by atoms with Crippen LogP contribution < -0.4 is 5.32 Å². The fraction of sp³-hybridized carbons (Fsp3) is 0.133. The van der Waals surface area contributed by atoms with Crippen LogP contribution >= 0.6 is 15.9 Å². The fourth-order valence-electron chi connectivity index (χ4n) is 1.65. The van der Waals surface area contributed by atoms with E-state index in [0.717, 1.165) is 16.7 Å². The molecular formula is C15H13BrN2. The Morgan fingerprint density at radius 1 is 1.22 bits per heavy atom. The molecule has 0 saturated carbocycles. The lowest BCUT2D eigenvalue weighted by atomic mass is 10.1. The van der Waals surface area contributed by atoms with Crippen LogP contribution in [-0.4, -0.2) is 0 Å². The molecule has 0 aliphatic carbocycles. The van der Waals surface area contributed by atoms with E-state index in [2.05, 4.69) is 52.4 Å². The van der Waals surface area contributed by atoms with Crippen LogP contribution in [0, 0.1) is 18.3 Å². The van der Waals surface area contributed by atoms with Crippen LogP contribution in [-0.2, 0) is 6.54 Å². The lowest BCUT2D eigenvalue weighted by Crippen LogP contribution is -1.99. The van der Waals surface area contributed by atoms with Crippen molar-refractivity contribution in [2.24, 2.45) is 0 Å². The molecule has 0 heterocycles. The summed E-state index contributed by atoms with van der Waals surface area (Å²) in [6, 6.07) is 15.9. The predicted molar refractivity (Wildman–Crippen MR) is 77.4 cm³/mol. The summed E-state index contributed by atoms with van der Waals surface area (Å²) in [6.07, 6.45) is 0. The Kier molecular flexibility index (Phi) is 4.01. The van der Waals surface area contributed by atoms with Crippen molar-refractivity contribution in [1.82, 2.24) is 0 Å². The summed E-state index contributed by atoms with van der Waals surface area (Å²) < 4.78 is 1.12. The number of aryl methyl sites for hydroxylation is 1. The first-order valence-electron chi connectivity index (χ1n) is 5.68. The molecule has 18 heavy (non-hydrogen) atoms. The van der Waals surface area contributed by atoms with Crippen molar-refractivity contribution in [3.63, 3.8) is 0 Å². The van der Waals surface area contributed by atoms with Gasteiger partial charge in [0.1, 0.15) is 0 Å². The van der Waals surface area contributed by atoms with Gasteiger partial charge in [0.15, 0.2) is 0 Å². The van der Waals surface area contributed by atoms with E-state index in [1.54, 1.807) is 6.07 Å². The van der Waals surface area contributed by atoms with Crippen LogP contribution in [0.4, 0.5) is 5.69 Å². The predicted octanol–water partition coefficient (Wildman–Crippen LogP) is 4.24. The van der Waals surface area contributed by atoms with Crippen LogP contribution in [0.3, 0.4) is 0 Å². The minimum Gasteiger partial charge on any atom is -0.381 e. The molecule has 0 aromatic heterocycles. The van der Waals surface area contributed by atoms with Crippen LogP contribution in [0.1, 0.15) is 16.7 Å². The molecule has 0 unspecified atom stereocenters. The van der Waals surface area contributed by atoms with Gasteiger partial charge in [0.25, 0.3) is 0 Å². The summed E-state index contributed by atoms with van der Waals surface area (Å²) in [5, 5.41) is 12.1. The lowest BCUT2D eigenvalue weighted by molar-refractivity contribution is 1.14. The van der Waals surface area contributed by atoms with Gasteiger partial charge < -0.3 is 5.32 Å². The van der Waals surface area contributed by atoms with E-state index >= 15 is 0 Å². The minimum absolute atomic E-state index is 0.671. The molecule has 0 fully saturated rings. The molecule has 0 spiro atoms. The Labute approximate surface area is 115 Å². The van der Waals surface area contributed by atoms with Crippen LogP contribution in [0.2, 0.25) is 0 Å². The van der Waals surface area contributed by atoms with Gasteiger partial charge in [0, 0.05) is 16.7 Å². The normalized spacial score (nSPS) is 9.83. The average Bonchev–Trinajstić information content (AvgIpc) is 2.40. The second kappa shape index (κ2) is 5.70. The first kappa shape index (κ1) is 12.7. The molecule has 1 N–H and O–H groups in total. The number of hydrogen-bond acceptors (Lipinski definition) is 2. The Morgan fingerprint density at radius 2 is 2.06 bits per heavy atom. The number of halogens is 1. The minimum atomic E-state index is 0.671. The van der Waals surface area contributed by atoms with Gasteiger partial charge in [0.05, 0.1) is 11.6 Å². The molecule has 0 aliphatic rings. The topological polar surface area (TPSA) is 35.8 Å². The van der Waals surface area contributed by atoms with E-state index in [-0.39, 0.29) is 0 Å². The maximum absolute atomic E-state index is 8.83. The second-order valence-electron chi connectivity index (χ2n) is 4.13. The SMILES string of the molecule is Cc1ccc(CNc2cccc(C#N)c2)cc1Br. The molecule has 2 aromatic carbocycles. The summed E-state index contributed by atoms with van der Waals surface area (Å²) in [4.78, 5) is 0. The van der Waals surface area contributed by atoms with Gasteiger partial charge in [-0.1, -0.05) is 34.1 Å². The maximum Gasteiger partial charge on any atom is 0.0992 e. The van der Waals surface area contributed by atoms with Crippen molar-refractivity contribution >= 4 is 21.6 Å². The molecule has 2 aromatic rings. The lowest BCUT2D eigenvalue weighted by Gasteiger charge is -2.08. The van der Waals surface area contributed by atoms with Gasteiger partial charge in [-0.15, -0.1) is 0 Å². The number of benzene rings is 2. The maximum atomic E-state index is 8.83. The second-order valence-corrected chi connectivity index (χ2v) is 4.98. The number of nitrogens with one attached hydrogen (secondary N) is 1. The molecule has 0 saturated heterocycles. The van der Waals surface area contributed by atoms with Crippen molar-refractivity contribution in [2.45, 2.75) is 13.5 Å². The third-order valence-electron chi connectivity index (χ3n) is 2.72. The summed E-state index contributed by atoms with van der Waals surface area (Å²) in [5.41, 5.74) is 4.07. The molecule has 2 rings (SSSR count). The van der Waals surface area contributed by atoms with Gasteiger partial charge in [-0.05, 0) is 42.3 Å². The zero-order valence-corrected chi connectivity index (χ0v) is 11.7. The van der Waals surface area contributed by atoms with Crippen molar-refractivity contribution < 1.29 is 0 Å². The van der Waals surface area contributed by atoms with Crippen molar-refractivity contribution in [2.75, 3.05) is 5.32 Å². The molecule has 0 bridgehead atoms. The highest BCUT2D eigenvalue weighted by atomic mass is 79.9. The summed E-state index contributed by atoms with van der Waals surface area (Å²) in [5.74, 6) is 0. The monoisotopic (exact) mass is 300 g/mol. The van der Waals surface area contributed by atoms with E-state index < -0.39 is 0 Å². The van der Waals surface area contributed by atoms with Crippen LogP contribution in [0.15, 0.2) is 46.9 Å². The Morgan fingerprint density at radius 3 is 2.78 bits per heavy atom. The quantitative estimate of drug-likeness (QED) is 0.920. The van der Waals surface area contributed by atoms with Crippen molar-refractivity contribution in [3.05, 3.63) is 63.6 Å². The van der Waals surface area contributed by atoms with E-state index in [0.29, 0.717) is 5.56 Å². The van der Waals surface area contributed by atoms with Gasteiger partial charge >= 0.3 is 0 Å². The molecule has 90 valence electrons. The number of anilines is 1. The first-order chi connectivity index (χ1) is 8.69. The third kappa shape index (κ3) is 3.12. The van der Waals surface area contributed by atoms with Gasteiger partial charge in [-0.3, -0.25) is 0 Å². The fourth-order valence-corrected chi connectivity index (χ4v) is 2.08. The summed E-state index contributed by atoms with van der Waals surface area (Å²) >= 11 is 3.52. The summed E-state index contributed by atoms with van der Waals surface area (Å²) in [7, 11) is 0. The smallest absolute Gasteiger partial charge is 0.0992 e. The highest BCUT2D eigenvalue weighted by molar-refractivity contribution is 9.10. The van der Waals surface area contributed by atoms with E-state index in [9.17, 15) is 0 Å². The molecule has 3 heteroatoms. The Balaban J connectivity index is 2.07. The van der Waals surface area contributed by atoms with E-state index in [1.165, 1.54) is 11.1 Å². The third-order valence-corrected chi connectivity index (χ3v) is 3.58. The number of rotatable bonds is 3. The first-order valence-corrected chi connectivity index (χ1v) is 6.47. The number of hydrogen-bond donors (Lipinski definition) is 1. The van der Waals surface area contributed by atoms with Crippen LogP contribution in [0.5, 0.6) is 0 Å². The largest absolute Gasteiger partial charge is 0.381 e. The van der Waals surface area contributed by atoms with Crippen molar-refractivity contribution in [1.29, 1.82) is 5.26 Å². The zero-order chi connectivity index (χ0) is 13.0. The van der Waals surface area contributed by atoms with Crippen LogP contribution in [0.25, 0.3) is 0 Å². The number of nitrogens with zero attached hydrogens (tertiary/aromatic N) is 1. The molecule has 0 aliphatic heterocycles. The van der Waals surface area contributed by atoms with Crippen molar-refractivity contribution in [3.8, 4) is 6.07 Å². The Hall–Kier alpha value is -1.79.